The Bertz CT molecular complexity index is 571. The van der Waals surface area contributed by atoms with Gasteiger partial charge in [-0.2, -0.15) is 0 Å². The third kappa shape index (κ3) is 1.93. The maximum atomic E-state index is 11.1. The average Bonchev–Trinajstić information content (AvgIpc) is 2.79. The second kappa shape index (κ2) is 5.03. The Morgan fingerprint density at radius 2 is 1.58 bits per heavy atom. The zero-order chi connectivity index (χ0) is 17.4. The predicted octanol–water partition coefficient (Wildman–Crippen LogP) is 5.42. The molecule has 0 saturated heterocycles. The first-order valence-corrected chi connectivity index (χ1v) is 10.4. The highest BCUT2D eigenvalue weighted by atomic mass is 16.3. The van der Waals surface area contributed by atoms with Gasteiger partial charge >= 0.3 is 0 Å². The third-order valence-electron chi connectivity index (χ3n) is 9.74. The van der Waals surface area contributed by atoms with Crippen molar-refractivity contribution >= 4 is 0 Å². The molecule has 134 valence electrons. The zero-order valence-corrected chi connectivity index (χ0v) is 16.2. The standard InChI is InChI=1S/C23H36O/c1-6-23(24)15-11-18-16-8-9-19-20(2,3)12-7-13-21(19,4)17(16)10-14-22(18,23)5/h1,16-19,24H,7-15H2,2-5H3/t16-,17+,18-,19+,21+,22-,23+/m1/s1. The summed E-state index contributed by atoms with van der Waals surface area (Å²) in [5, 5.41) is 11.1. The van der Waals surface area contributed by atoms with Crippen molar-refractivity contribution in [1.82, 2.24) is 0 Å². The number of aliphatic hydroxyl groups is 1. The lowest BCUT2D eigenvalue weighted by atomic mass is 9.41. The molecule has 0 heterocycles. The van der Waals surface area contributed by atoms with Crippen molar-refractivity contribution in [1.29, 1.82) is 0 Å². The second-order valence-electron chi connectivity index (χ2n) is 10.9. The fourth-order valence-corrected chi connectivity index (χ4v) is 8.45. The summed E-state index contributed by atoms with van der Waals surface area (Å²) in [6.45, 7) is 9.98. The van der Waals surface area contributed by atoms with Crippen molar-refractivity contribution in [3.8, 4) is 12.3 Å². The van der Waals surface area contributed by atoms with Crippen LogP contribution in [0.15, 0.2) is 0 Å². The molecule has 0 amide bonds. The molecule has 0 unspecified atom stereocenters. The van der Waals surface area contributed by atoms with Crippen LogP contribution >= 0.6 is 0 Å². The van der Waals surface area contributed by atoms with Gasteiger partial charge in [0.05, 0.1) is 0 Å². The first-order chi connectivity index (χ1) is 11.2. The highest BCUT2D eigenvalue weighted by Gasteiger charge is 2.65. The molecule has 4 rings (SSSR count). The predicted molar refractivity (Wildman–Crippen MR) is 99.3 cm³/mol. The molecule has 0 aromatic carbocycles. The summed E-state index contributed by atoms with van der Waals surface area (Å²) in [7, 11) is 0. The molecule has 0 radical (unpaired) electrons. The minimum absolute atomic E-state index is 0.0453. The highest BCUT2D eigenvalue weighted by molar-refractivity contribution is 5.23. The molecule has 4 aliphatic rings. The van der Waals surface area contributed by atoms with Crippen LogP contribution in [0.3, 0.4) is 0 Å². The molecule has 0 spiro atoms. The summed E-state index contributed by atoms with van der Waals surface area (Å²) in [6.07, 6.45) is 17.2. The van der Waals surface area contributed by atoms with Gasteiger partial charge in [-0.1, -0.05) is 40.0 Å². The summed E-state index contributed by atoms with van der Waals surface area (Å²) in [4.78, 5) is 0. The summed E-state index contributed by atoms with van der Waals surface area (Å²) in [5.74, 6) is 5.98. The number of terminal acetylenes is 1. The summed E-state index contributed by atoms with van der Waals surface area (Å²) in [6, 6.07) is 0. The minimum atomic E-state index is -0.855. The smallest absolute Gasteiger partial charge is 0.130 e. The molecule has 4 aliphatic carbocycles. The lowest BCUT2D eigenvalue weighted by Crippen LogP contribution is -2.58. The maximum absolute atomic E-state index is 11.1. The minimum Gasteiger partial charge on any atom is -0.377 e. The molecule has 24 heavy (non-hydrogen) atoms. The van der Waals surface area contributed by atoms with Gasteiger partial charge in [0.15, 0.2) is 0 Å². The average molecular weight is 329 g/mol. The Morgan fingerprint density at radius 1 is 0.875 bits per heavy atom. The van der Waals surface area contributed by atoms with E-state index in [1.54, 1.807) is 0 Å². The van der Waals surface area contributed by atoms with Gasteiger partial charge in [-0.05, 0) is 85.9 Å². The van der Waals surface area contributed by atoms with E-state index in [0.29, 0.717) is 16.7 Å². The molecule has 0 bridgehead atoms. The van der Waals surface area contributed by atoms with Gasteiger partial charge in [-0.3, -0.25) is 0 Å². The van der Waals surface area contributed by atoms with Crippen LogP contribution in [0.2, 0.25) is 0 Å². The molecule has 4 fully saturated rings. The van der Waals surface area contributed by atoms with E-state index >= 15 is 0 Å². The Hall–Kier alpha value is -0.480. The van der Waals surface area contributed by atoms with Crippen molar-refractivity contribution < 1.29 is 5.11 Å². The molecule has 7 atom stereocenters. The van der Waals surface area contributed by atoms with E-state index in [-0.39, 0.29) is 5.41 Å². The van der Waals surface area contributed by atoms with Crippen LogP contribution in [-0.2, 0) is 0 Å². The van der Waals surface area contributed by atoms with Gasteiger partial charge in [0.2, 0.25) is 0 Å². The van der Waals surface area contributed by atoms with E-state index in [9.17, 15) is 5.11 Å². The van der Waals surface area contributed by atoms with Crippen LogP contribution in [0.25, 0.3) is 0 Å². The van der Waals surface area contributed by atoms with Crippen molar-refractivity contribution in [2.45, 2.75) is 91.1 Å². The number of hydrogen-bond donors (Lipinski definition) is 1. The molecule has 1 nitrogen and oxygen atoms in total. The first kappa shape index (κ1) is 17.0. The Morgan fingerprint density at radius 3 is 2.29 bits per heavy atom. The third-order valence-corrected chi connectivity index (χ3v) is 9.74. The largest absolute Gasteiger partial charge is 0.377 e. The van der Waals surface area contributed by atoms with Crippen LogP contribution < -0.4 is 0 Å². The Balaban J connectivity index is 1.68. The summed E-state index contributed by atoms with van der Waals surface area (Å²) >= 11 is 0. The van der Waals surface area contributed by atoms with Crippen LogP contribution in [-0.4, -0.2) is 10.7 Å². The van der Waals surface area contributed by atoms with Crippen molar-refractivity contribution in [3.63, 3.8) is 0 Å². The van der Waals surface area contributed by atoms with Crippen LogP contribution in [0.5, 0.6) is 0 Å². The first-order valence-electron chi connectivity index (χ1n) is 10.4. The van der Waals surface area contributed by atoms with E-state index in [4.69, 9.17) is 6.42 Å². The van der Waals surface area contributed by atoms with Gasteiger partial charge in [0.1, 0.15) is 5.60 Å². The fraction of sp³-hybridized carbons (Fsp3) is 0.913. The molecule has 0 aromatic heterocycles. The van der Waals surface area contributed by atoms with Crippen molar-refractivity contribution in [2.24, 2.45) is 39.9 Å². The van der Waals surface area contributed by atoms with Crippen molar-refractivity contribution in [3.05, 3.63) is 0 Å². The van der Waals surface area contributed by atoms with Crippen molar-refractivity contribution in [2.75, 3.05) is 0 Å². The molecule has 0 aliphatic heterocycles. The van der Waals surface area contributed by atoms with Gasteiger partial charge in [0, 0.05) is 5.41 Å². The lowest BCUT2D eigenvalue weighted by molar-refractivity contribution is -0.159. The molecule has 1 heteroatoms. The van der Waals surface area contributed by atoms with Gasteiger partial charge < -0.3 is 5.11 Å². The SMILES string of the molecule is C#C[C@]1(O)CC[C@@H]2[C@@H]3CC[C@H]4C(C)(C)CCC[C@@]4(C)[C@H]3CC[C@]21C. The quantitative estimate of drug-likeness (QED) is 0.589. The summed E-state index contributed by atoms with van der Waals surface area (Å²) in [5.41, 5.74) is 0.124. The zero-order valence-electron chi connectivity index (χ0n) is 16.2. The summed E-state index contributed by atoms with van der Waals surface area (Å²) < 4.78 is 0. The van der Waals surface area contributed by atoms with E-state index in [1.807, 2.05) is 0 Å². The fourth-order valence-electron chi connectivity index (χ4n) is 8.45. The molecular formula is C23H36O. The van der Waals surface area contributed by atoms with Crippen LogP contribution in [0.4, 0.5) is 0 Å². The van der Waals surface area contributed by atoms with E-state index in [0.717, 1.165) is 37.0 Å². The molecule has 1 N–H and O–H groups in total. The number of hydrogen-bond acceptors (Lipinski definition) is 1. The van der Waals surface area contributed by atoms with Crippen LogP contribution in [0, 0.1) is 52.3 Å². The lowest BCUT2D eigenvalue weighted by Gasteiger charge is -2.64. The monoisotopic (exact) mass is 328 g/mol. The molecular weight excluding hydrogens is 292 g/mol. The van der Waals surface area contributed by atoms with Gasteiger partial charge in [0.25, 0.3) is 0 Å². The van der Waals surface area contributed by atoms with E-state index in [1.165, 1.54) is 38.5 Å². The Kier molecular flexibility index (Phi) is 3.56. The molecule has 4 saturated carbocycles. The van der Waals surface area contributed by atoms with Gasteiger partial charge in [-0.25, -0.2) is 0 Å². The second-order valence-corrected chi connectivity index (χ2v) is 10.9. The van der Waals surface area contributed by atoms with E-state index in [2.05, 4.69) is 33.6 Å². The van der Waals surface area contributed by atoms with E-state index < -0.39 is 5.60 Å². The topological polar surface area (TPSA) is 20.2 Å². The number of rotatable bonds is 0. The number of fused-ring (bicyclic) bond motifs is 5. The maximum Gasteiger partial charge on any atom is 0.130 e. The highest BCUT2D eigenvalue weighted by Crippen LogP contribution is 2.70. The van der Waals surface area contributed by atoms with Crippen LogP contribution in [0.1, 0.15) is 85.5 Å². The molecule has 0 aromatic rings. The normalized spacial score (nSPS) is 55.8. The Labute approximate surface area is 149 Å². The van der Waals surface area contributed by atoms with Gasteiger partial charge in [-0.15, -0.1) is 6.42 Å².